The van der Waals surface area contributed by atoms with Gasteiger partial charge < -0.3 is 28.8 Å². The van der Waals surface area contributed by atoms with Gasteiger partial charge in [0, 0.05) is 90.6 Å². The quantitative estimate of drug-likeness (QED) is 0.222. The molecule has 270 valence electrons. The van der Waals surface area contributed by atoms with E-state index in [0.717, 1.165) is 16.1 Å². The number of nitrogens with one attached hydrogen (secondary N) is 2. The van der Waals surface area contributed by atoms with E-state index in [9.17, 15) is 22.0 Å². The molecule has 0 spiro atoms. The van der Waals surface area contributed by atoms with Crippen molar-refractivity contribution in [2.45, 2.75) is 44.2 Å². The van der Waals surface area contributed by atoms with Crippen LogP contribution in [-0.2, 0) is 37.2 Å². The van der Waals surface area contributed by atoms with Crippen molar-refractivity contribution in [1.29, 1.82) is 0 Å². The predicted octanol–water partition coefficient (Wildman–Crippen LogP) is 4.14. The summed E-state index contributed by atoms with van der Waals surface area (Å²) in [6, 6.07) is 6.86. The van der Waals surface area contributed by atoms with Crippen LogP contribution in [-0.4, -0.2) is 84.5 Å². The summed E-state index contributed by atoms with van der Waals surface area (Å²) >= 11 is -2.80. The zero-order chi connectivity index (χ0) is 35.7. The molecule has 1 unspecified atom stereocenters. The molecule has 0 aliphatic carbocycles. The third-order valence-corrected chi connectivity index (χ3v) is 10.3. The number of anilines is 3. The van der Waals surface area contributed by atoms with Crippen LogP contribution in [0.4, 0.5) is 21.5 Å². The zero-order valence-electron chi connectivity index (χ0n) is 27.6. The number of pyridine rings is 2. The van der Waals surface area contributed by atoms with Crippen LogP contribution < -0.4 is 23.8 Å². The Morgan fingerprint density at radius 3 is 2.49 bits per heavy atom. The van der Waals surface area contributed by atoms with Crippen LogP contribution in [0.25, 0.3) is 22.0 Å². The molecule has 14 nitrogen and oxygen atoms in total. The van der Waals surface area contributed by atoms with E-state index in [1.807, 2.05) is 4.72 Å². The second-order valence-corrected chi connectivity index (χ2v) is 15.1. The Bertz CT molecular complexity index is 2110. The van der Waals surface area contributed by atoms with Crippen molar-refractivity contribution in [2.75, 3.05) is 48.9 Å². The molecule has 0 radical (unpaired) electrons. The number of carbonyl (C=O) groups excluding carboxylic acids is 1. The number of fused-ring (bicyclic) bond motifs is 2. The van der Waals surface area contributed by atoms with Crippen molar-refractivity contribution in [3.8, 4) is 22.6 Å². The molecule has 51 heavy (non-hydrogen) atoms. The van der Waals surface area contributed by atoms with Crippen LogP contribution in [0.3, 0.4) is 0 Å². The number of aromatic nitrogens is 2. The Morgan fingerprint density at radius 1 is 1.02 bits per heavy atom. The highest BCUT2D eigenvalue weighted by molar-refractivity contribution is 7.89. The number of halogens is 1. The standard InChI is InChI=1S/C34H36FN5O9S2/c1-51(44,45)39-34(41)22-12-23(16-26(13-22)49-25-5-9-47-10-6-25)38-32-30(40(50(42)43)24-3-7-46-8-4-24)19-37-29-15-21(14-28(35)31(29)32)27-18-36-17-20-2-11-48-33(20)27/h12-19,24-25H,2-11H2,1H3,(H,37,38)(H,39,41)(H,42,43)/p-1. The average Bonchev–Trinajstić information content (AvgIpc) is 3.58. The van der Waals surface area contributed by atoms with Gasteiger partial charge in [0.1, 0.15) is 23.4 Å². The molecule has 1 atom stereocenters. The van der Waals surface area contributed by atoms with E-state index in [1.165, 1.54) is 24.4 Å². The van der Waals surface area contributed by atoms with Crippen molar-refractivity contribution in [3.63, 3.8) is 0 Å². The van der Waals surface area contributed by atoms with Crippen molar-refractivity contribution in [2.24, 2.45) is 0 Å². The van der Waals surface area contributed by atoms with Crippen LogP contribution in [0.1, 0.15) is 41.6 Å². The van der Waals surface area contributed by atoms with Gasteiger partial charge in [-0.15, -0.1) is 0 Å². The Kier molecular flexibility index (Phi) is 10.1. The highest BCUT2D eigenvalue weighted by Gasteiger charge is 2.29. The highest BCUT2D eigenvalue weighted by atomic mass is 32.2. The van der Waals surface area contributed by atoms with E-state index >= 15 is 4.39 Å². The summed E-state index contributed by atoms with van der Waals surface area (Å²) in [5, 5.41) is 3.15. The SMILES string of the molecule is CS(=O)(=O)NC(=O)c1cc(Nc2c(N(C3CCOCC3)S(=O)[O-])cnc3cc(-c4cncc5c4OCC5)cc(F)c23)cc(OC2CCOCC2)c1. The highest BCUT2D eigenvalue weighted by Crippen LogP contribution is 2.43. The smallest absolute Gasteiger partial charge is 0.264 e. The lowest BCUT2D eigenvalue weighted by Crippen LogP contribution is -2.41. The molecule has 4 aromatic rings. The van der Waals surface area contributed by atoms with Gasteiger partial charge in [-0.1, -0.05) is 0 Å². The predicted molar refractivity (Wildman–Crippen MR) is 186 cm³/mol. The largest absolute Gasteiger partial charge is 0.755 e. The fourth-order valence-electron chi connectivity index (χ4n) is 6.57. The first-order valence-corrected chi connectivity index (χ1v) is 19.3. The van der Waals surface area contributed by atoms with Crippen LogP contribution in [0, 0.1) is 5.82 Å². The maximum atomic E-state index is 16.6. The molecule has 7 rings (SSSR count). The van der Waals surface area contributed by atoms with Gasteiger partial charge >= 0.3 is 0 Å². The summed E-state index contributed by atoms with van der Waals surface area (Å²) < 4.78 is 92.4. The summed E-state index contributed by atoms with van der Waals surface area (Å²) in [6.45, 7) is 2.12. The summed E-state index contributed by atoms with van der Waals surface area (Å²) in [5.41, 5.74) is 2.45. The van der Waals surface area contributed by atoms with Crippen molar-refractivity contribution < 1.29 is 45.3 Å². The first-order chi connectivity index (χ1) is 24.5. The third-order valence-electron chi connectivity index (χ3n) is 8.91. The number of nitrogens with zero attached hydrogens (tertiary/aromatic N) is 3. The van der Waals surface area contributed by atoms with E-state index in [-0.39, 0.29) is 45.4 Å². The Hall–Kier alpha value is -4.42. The number of hydrogen-bond acceptors (Lipinski definition) is 12. The molecule has 2 fully saturated rings. The maximum Gasteiger partial charge on any atom is 0.264 e. The number of ether oxygens (including phenoxy) is 4. The minimum atomic E-state index is -3.92. The van der Waals surface area contributed by atoms with Gasteiger partial charge in [0.05, 0.1) is 54.6 Å². The molecule has 3 aliphatic heterocycles. The van der Waals surface area contributed by atoms with Gasteiger partial charge in [-0.3, -0.25) is 23.3 Å². The minimum Gasteiger partial charge on any atom is -0.755 e. The van der Waals surface area contributed by atoms with Crippen molar-refractivity contribution in [3.05, 3.63) is 65.9 Å². The molecular formula is C34H35FN5O9S2-. The number of sulfonamides is 1. The van der Waals surface area contributed by atoms with Gasteiger partial charge in [0.25, 0.3) is 5.91 Å². The van der Waals surface area contributed by atoms with Crippen LogP contribution >= 0.6 is 0 Å². The molecule has 2 aromatic carbocycles. The molecule has 2 saturated heterocycles. The van der Waals surface area contributed by atoms with E-state index in [0.29, 0.717) is 82.0 Å². The van der Waals surface area contributed by atoms with Crippen LogP contribution in [0.15, 0.2) is 48.9 Å². The van der Waals surface area contributed by atoms with Crippen LogP contribution in [0.5, 0.6) is 11.5 Å². The second kappa shape index (κ2) is 14.7. The van der Waals surface area contributed by atoms with E-state index in [4.69, 9.17) is 18.9 Å². The summed E-state index contributed by atoms with van der Waals surface area (Å²) in [7, 11) is -3.92. The van der Waals surface area contributed by atoms with Gasteiger partial charge in [-0.2, -0.15) is 0 Å². The number of benzene rings is 2. The Labute approximate surface area is 296 Å². The zero-order valence-corrected chi connectivity index (χ0v) is 29.2. The number of rotatable bonds is 10. The van der Waals surface area contributed by atoms with Gasteiger partial charge in [0.15, 0.2) is 0 Å². The van der Waals surface area contributed by atoms with E-state index in [2.05, 4.69) is 15.3 Å². The van der Waals surface area contributed by atoms with Crippen LogP contribution in [0.2, 0.25) is 0 Å². The normalized spacial score (nSPS) is 17.4. The van der Waals surface area contributed by atoms with Crippen molar-refractivity contribution >= 4 is 55.2 Å². The van der Waals surface area contributed by atoms with Crippen molar-refractivity contribution in [1.82, 2.24) is 14.7 Å². The fourth-order valence-corrected chi connectivity index (χ4v) is 7.78. The molecule has 5 heterocycles. The van der Waals surface area contributed by atoms with E-state index < -0.39 is 39.1 Å². The Balaban J connectivity index is 1.38. The lowest BCUT2D eigenvalue weighted by atomic mass is 10.0. The third kappa shape index (κ3) is 7.77. The first kappa shape index (κ1) is 35.0. The Morgan fingerprint density at radius 2 is 1.76 bits per heavy atom. The molecule has 2 N–H and O–H groups in total. The topological polar surface area (TPSA) is 181 Å². The van der Waals surface area contributed by atoms with Gasteiger partial charge in [-0.25, -0.2) is 17.5 Å². The summed E-state index contributed by atoms with van der Waals surface area (Å²) in [5.74, 6) is -0.757. The van der Waals surface area contributed by atoms with Gasteiger partial charge in [0.2, 0.25) is 10.0 Å². The molecule has 1 amide bonds. The molecule has 0 bridgehead atoms. The molecular weight excluding hydrogens is 706 g/mol. The van der Waals surface area contributed by atoms with E-state index in [1.54, 1.807) is 24.5 Å². The monoisotopic (exact) mass is 740 g/mol. The lowest BCUT2D eigenvalue weighted by molar-refractivity contribution is 0.0255. The number of amides is 1. The maximum absolute atomic E-state index is 16.6. The minimum absolute atomic E-state index is 0.0156. The molecule has 3 aliphatic rings. The second-order valence-electron chi connectivity index (χ2n) is 12.5. The lowest BCUT2D eigenvalue weighted by Gasteiger charge is -2.37. The van der Waals surface area contributed by atoms with Gasteiger partial charge in [-0.05, 0) is 42.7 Å². The molecule has 0 saturated carbocycles. The molecule has 17 heteroatoms. The fraction of sp³-hybridized carbons (Fsp3) is 0.382. The summed E-state index contributed by atoms with van der Waals surface area (Å²) in [4.78, 5) is 22.0. The first-order valence-electron chi connectivity index (χ1n) is 16.4. The average molecular weight is 741 g/mol. The number of carbonyl (C=O) groups is 1. The molecule has 2 aromatic heterocycles. The summed E-state index contributed by atoms with van der Waals surface area (Å²) in [6.07, 6.45) is 7.95. The number of hydrogen-bond donors (Lipinski definition) is 2.